The Morgan fingerprint density at radius 1 is 1.24 bits per heavy atom. The van der Waals surface area contributed by atoms with E-state index < -0.39 is 35.6 Å². The second-order valence-electron chi connectivity index (χ2n) is 5.14. The quantitative estimate of drug-likeness (QED) is 0.898. The second kappa shape index (κ2) is 5.38. The van der Waals surface area contributed by atoms with Crippen LogP contribution in [-0.2, 0) is 15.8 Å². The molecule has 1 aliphatic carbocycles. The highest BCUT2D eigenvalue weighted by molar-refractivity contribution is 5.89. The number of carbonyl (C=O) groups is 2. The first-order valence-corrected chi connectivity index (χ1v) is 6.40. The van der Waals surface area contributed by atoms with Gasteiger partial charge in [0.1, 0.15) is 0 Å². The van der Waals surface area contributed by atoms with Crippen LogP contribution in [0.3, 0.4) is 0 Å². The predicted molar refractivity (Wildman–Crippen MR) is 67.2 cm³/mol. The average Bonchev–Trinajstić information content (AvgIpc) is 3.18. The van der Waals surface area contributed by atoms with Crippen molar-refractivity contribution >= 4 is 11.9 Å². The van der Waals surface area contributed by atoms with Crippen molar-refractivity contribution in [1.29, 1.82) is 0 Å². The third-order valence-electron chi connectivity index (χ3n) is 3.54. The van der Waals surface area contributed by atoms with Crippen LogP contribution in [0.25, 0.3) is 0 Å². The van der Waals surface area contributed by atoms with Gasteiger partial charge in [-0.2, -0.15) is 13.2 Å². The molecule has 0 aliphatic heterocycles. The van der Waals surface area contributed by atoms with Crippen LogP contribution in [0.5, 0.6) is 0 Å². The van der Waals surface area contributed by atoms with E-state index in [9.17, 15) is 22.8 Å². The maximum Gasteiger partial charge on any atom is 0.416 e. The first-order valence-electron chi connectivity index (χ1n) is 6.40. The van der Waals surface area contributed by atoms with Crippen LogP contribution in [0.1, 0.15) is 30.5 Å². The third-order valence-corrected chi connectivity index (χ3v) is 3.54. The van der Waals surface area contributed by atoms with Crippen LogP contribution in [0.2, 0.25) is 0 Å². The van der Waals surface area contributed by atoms with Crippen LogP contribution in [0.4, 0.5) is 13.2 Å². The van der Waals surface area contributed by atoms with Crippen molar-refractivity contribution in [3.05, 3.63) is 35.4 Å². The van der Waals surface area contributed by atoms with Gasteiger partial charge in [0.15, 0.2) is 0 Å². The lowest BCUT2D eigenvalue weighted by Crippen LogP contribution is -2.29. The number of benzene rings is 1. The molecular weight excluding hydrogens is 287 g/mol. The largest absolute Gasteiger partial charge is 0.481 e. The Balaban J connectivity index is 1.96. The Bertz CT molecular complexity index is 554. The number of amides is 1. The van der Waals surface area contributed by atoms with Crippen molar-refractivity contribution in [1.82, 2.24) is 5.32 Å². The molecule has 0 heterocycles. The summed E-state index contributed by atoms with van der Waals surface area (Å²) in [7, 11) is 0. The van der Waals surface area contributed by atoms with Gasteiger partial charge in [0.2, 0.25) is 5.91 Å². The molecule has 0 unspecified atom stereocenters. The lowest BCUT2D eigenvalue weighted by Gasteiger charge is -2.15. The van der Waals surface area contributed by atoms with E-state index in [0.29, 0.717) is 12.0 Å². The maximum absolute atomic E-state index is 12.4. The van der Waals surface area contributed by atoms with Gasteiger partial charge in [0, 0.05) is 0 Å². The van der Waals surface area contributed by atoms with Gasteiger partial charge in [-0.15, -0.1) is 0 Å². The van der Waals surface area contributed by atoms with Crippen molar-refractivity contribution in [2.24, 2.45) is 11.8 Å². The van der Waals surface area contributed by atoms with E-state index in [4.69, 9.17) is 5.11 Å². The predicted octanol–water partition coefficient (Wildman–Crippen LogP) is 2.60. The molecule has 7 heteroatoms. The molecule has 3 atom stereocenters. The van der Waals surface area contributed by atoms with Crippen LogP contribution >= 0.6 is 0 Å². The summed E-state index contributed by atoms with van der Waals surface area (Å²) in [6.07, 6.45) is -4.09. The molecule has 1 amide bonds. The van der Waals surface area contributed by atoms with Gasteiger partial charge >= 0.3 is 12.1 Å². The molecular formula is C14H14F3NO3. The van der Waals surface area contributed by atoms with E-state index in [1.807, 2.05) is 0 Å². The Labute approximate surface area is 119 Å². The summed E-state index contributed by atoms with van der Waals surface area (Å²) in [6, 6.07) is 4.03. The number of carboxylic acids is 1. The number of alkyl halides is 3. The van der Waals surface area contributed by atoms with Gasteiger partial charge in [0.05, 0.1) is 23.4 Å². The molecule has 1 saturated carbocycles. The number of aliphatic carboxylic acids is 1. The normalized spacial score (nSPS) is 22.5. The SMILES string of the molecule is C[C@H](NC(=O)[C@H]1C[C@@H]1C(=O)O)c1ccc(C(F)(F)F)cc1. The molecule has 0 spiro atoms. The lowest BCUT2D eigenvalue weighted by atomic mass is 10.1. The van der Waals surface area contributed by atoms with E-state index in [-0.39, 0.29) is 5.91 Å². The monoisotopic (exact) mass is 301 g/mol. The zero-order valence-electron chi connectivity index (χ0n) is 11.1. The molecule has 114 valence electrons. The molecule has 4 nitrogen and oxygen atoms in total. The molecule has 1 aromatic carbocycles. The number of carboxylic acid groups (broad SMARTS) is 1. The van der Waals surface area contributed by atoms with Gasteiger partial charge in [0.25, 0.3) is 0 Å². The fourth-order valence-electron chi connectivity index (χ4n) is 2.12. The molecule has 21 heavy (non-hydrogen) atoms. The highest BCUT2D eigenvalue weighted by atomic mass is 19.4. The van der Waals surface area contributed by atoms with E-state index in [0.717, 1.165) is 12.1 Å². The number of hydrogen-bond donors (Lipinski definition) is 2. The summed E-state index contributed by atoms with van der Waals surface area (Å²) in [4.78, 5) is 22.5. The summed E-state index contributed by atoms with van der Waals surface area (Å²) in [5.74, 6) is -2.57. The fourth-order valence-corrected chi connectivity index (χ4v) is 2.12. The molecule has 0 saturated heterocycles. The van der Waals surface area contributed by atoms with Gasteiger partial charge < -0.3 is 10.4 Å². The van der Waals surface area contributed by atoms with E-state index in [1.165, 1.54) is 12.1 Å². The molecule has 0 bridgehead atoms. The minimum absolute atomic E-state index is 0.306. The average molecular weight is 301 g/mol. The minimum atomic E-state index is -4.40. The summed E-state index contributed by atoms with van der Waals surface area (Å²) < 4.78 is 37.3. The second-order valence-corrected chi connectivity index (χ2v) is 5.14. The topological polar surface area (TPSA) is 66.4 Å². The van der Waals surface area contributed by atoms with Crippen LogP contribution in [0, 0.1) is 11.8 Å². The Hall–Kier alpha value is -2.05. The van der Waals surface area contributed by atoms with Gasteiger partial charge in [-0.25, -0.2) is 0 Å². The smallest absolute Gasteiger partial charge is 0.416 e. The van der Waals surface area contributed by atoms with E-state index in [2.05, 4.69) is 5.32 Å². The zero-order valence-corrected chi connectivity index (χ0v) is 11.1. The fraction of sp³-hybridized carbons (Fsp3) is 0.429. The Morgan fingerprint density at radius 3 is 2.24 bits per heavy atom. The molecule has 0 radical (unpaired) electrons. The highest BCUT2D eigenvalue weighted by Crippen LogP contribution is 2.39. The third kappa shape index (κ3) is 3.53. The summed E-state index contributed by atoms with van der Waals surface area (Å²) in [5, 5.41) is 11.4. The van der Waals surface area contributed by atoms with Gasteiger partial charge in [-0.1, -0.05) is 12.1 Å². The first kappa shape index (κ1) is 15.3. The van der Waals surface area contributed by atoms with Crippen molar-refractivity contribution in [3.8, 4) is 0 Å². The van der Waals surface area contributed by atoms with E-state index >= 15 is 0 Å². The van der Waals surface area contributed by atoms with Crippen molar-refractivity contribution < 1.29 is 27.9 Å². The molecule has 2 rings (SSSR count). The van der Waals surface area contributed by atoms with Gasteiger partial charge in [-0.3, -0.25) is 9.59 Å². The van der Waals surface area contributed by atoms with Crippen molar-refractivity contribution in [2.45, 2.75) is 25.6 Å². The number of hydrogen-bond acceptors (Lipinski definition) is 2. The molecule has 1 aromatic rings. The molecule has 1 aliphatic rings. The zero-order chi connectivity index (χ0) is 15.8. The number of carbonyl (C=O) groups excluding carboxylic acids is 1. The number of rotatable bonds is 4. The number of halogens is 3. The number of nitrogens with one attached hydrogen (secondary N) is 1. The van der Waals surface area contributed by atoms with Gasteiger partial charge in [-0.05, 0) is 31.0 Å². The maximum atomic E-state index is 12.4. The lowest BCUT2D eigenvalue weighted by molar-refractivity contribution is -0.140. The Morgan fingerprint density at radius 2 is 1.81 bits per heavy atom. The van der Waals surface area contributed by atoms with Crippen molar-refractivity contribution in [3.63, 3.8) is 0 Å². The van der Waals surface area contributed by atoms with E-state index in [1.54, 1.807) is 6.92 Å². The highest BCUT2D eigenvalue weighted by Gasteiger charge is 2.48. The molecule has 0 aromatic heterocycles. The first-order chi connectivity index (χ1) is 9.70. The summed E-state index contributed by atoms with van der Waals surface area (Å²) in [6.45, 7) is 1.64. The standard InChI is InChI=1S/C14H14F3NO3/c1-7(18-12(19)10-6-11(10)13(20)21)8-2-4-9(5-3-8)14(15,16)17/h2-5,7,10-11H,6H2,1H3,(H,18,19)(H,20,21)/t7-,10-,11-/m0/s1. The minimum Gasteiger partial charge on any atom is -0.481 e. The van der Waals surface area contributed by atoms with Crippen LogP contribution in [-0.4, -0.2) is 17.0 Å². The summed E-state index contributed by atoms with van der Waals surface area (Å²) >= 11 is 0. The van der Waals surface area contributed by atoms with Crippen LogP contribution < -0.4 is 5.32 Å². The molecule has 2 N–H and O–H groups in total. The molecule has 1 fully saturated rings. The van der Waals surface area contributed by atoms with Crippen LogP contribution in [0.15, 0.2) is 24.3 Å². The Kier molecular flexibility index (Phi) is 3.93. The summed E-state index contributed by atoms with van der Waals surface area (Å²) in [5.41, 5.74) is -0.221. The van der Waals surface area contributed by atoms with Crippen molar-refractivity contribution in [2.75, 3.05) is 0 Å².